The van der Waals surface area contributed by atoms with Gasteiger partial charge in [-0.3, -0.25) is 0 Å². The highest BCUT2D eigenvalue weighted by molar-refractivity contribution is 5.15. The molecule has 0 saturated heterocycles. The van der Waals surface area contributed by atoms with Gasteiger partial charge in [-0.15, -0.1) is 0 Å². The second kappa shape index (κ2) is 5.27. The van der Waals surface area contributed by atoms with Crippen molar-refractivity contribution in [3.63, 3.8) is 0 Å². The molecule has 2 atom stereocenters. The lowest BCUT2D eigenvalue weighted by Gasteiger charge is -2.13. The highest BCUT2D eigenvalue weighted by Crippen LogP contribution is 2.07. The first-order valence-electron chi connectivity index (χ1n) is 4.50. The molecule has 74 valence electrons. The third-order valence-electron chi connectivity index (χ3n) is 2.08. The Kier molecular flexibility index (Phi) is 3.98. The summed E-state index contributed by atoms with van der Waals surface area (Å²) >= 11 is 0. The summed E-state index contributed by atoms with van der Waals surface area (Å²) in [6.07, 6.45) is -0.102. The van der Waals surface area contributed by atoms with Crippen molar-refractivity contribution in [2.24, 2.45) is 5.11 Å². The van der Waals surface area contributed by atoms with Crippen LogP contribution in [-0.4, -0.2) is 17.3 Å². The third-order valence-corrected chi connectivity index (χ3v) is 2.08. The SMILES string of the molecule is C[C@@H](N=[N+]=[N-])[C@@H](O)Cc1ccccc1. The molecule has 0 unspecified atom stereocenters. The maximum atomic E-state index is 9.64. The van der Waals surface area contributed by atoms with Crippen LogP contribution in [0.1, 0.15) is 12.5 Å². The lowest BCUT2D eigenvalue weighted by atomic mass is 10.0. The second-order valence-electron chi connectivity index (χ2n) is 3.20. The molecule has 14 heavy (non-hydrogen) atoms. The number of aliphatic hydroxyl groups excluding tert-OH is 1. The predicted molar refractivity (Wildman–Crippen MR) is 54.8 cm³/mol. The Morgan fingerprint density at radius 1 is 1.43 bits per heavy atom. The molecule has 0 aliphatic carbocycles. The van der Waals surface area contributed by atoms with E-state index in [-0.39, 0.29) is 6.04 Å². The van der Waals surface area contributed by atoms with Gasteiger partial charge in [0.05, 0.1) is 12.1 Å². The fourth-order valence-electron chi connectivity index (χ4n) is 1.18. The van der Waals surface area contributed by atoms with Crippen molar-refractivity contribution in [2.75, 3.05) is 0 Å². The van der Waals surface area contributed by atoms with E-state index in [0.717, 1.165) is 5.56 Å². The summed E-state index contributed by atoms with van der Waals surface area (Å²) in [6, 6.07) is 9.24. The molecule has 0 radical (unpaired) electrons. The van der Waals surface area contributed by atoms with Gasteiger partial charge in [0.15, 0.2) is 0 Å². The minimum atomic E-state index is -0.617. The van der Waals surface area contributed by atoms with Crippen LogP contribution >= 0.6 is 0 Å². The van der Waals surface area contributed by atoms with E-state index in [1.807, 2.05) is 30.3 Å². The van der Waals surface area contributed by atoms with Crippen molar-refractivity contribution in [1.82, 2.24) is 0 Å². The molecule has 1 N–H and O–H groups in total. The van der Waals surface area contributed by atoms with E-state index in [9.17, 15) is 5.11 Å². The molecule has 0 aliphatic heterocycles. The average Bonchev–Trinajstić information content (AvgIpc) is 2.19. The number of nitrogens with zero attached hydrogens (tertiary/aromatic N) is 3. The molecule has 4 nitrogen and oxygen atoms in total. The number of benzene rings is 1. The zero-order valence-corrected chi connectivity index (χ0v) is 8.04. The van der Waals surface area contributed by atoms with Crippen LogP contribution in [-0.2, 0) is 6.42 Å². The van der Waals surface area contributed by atoms with Gasteiger partial charge in [-0.1, -0.05) is 42.4 Å². The number of azide groups is 1. The Morgan fingerprint density at radius 3 is 2.64 bits per heavy atom. The van der Waals surface area contributed by atoms with Crippen LogP contribution < -0.4 is 0 Å². The molecule has 0 saturated carbocycles. The van der Waals surface area contributed by atoms with Gasteiger partial charge >= 0.3 is 0 Å². The van der Waals surface area contributed by atoms with Crippen LogP contribution in [0.4, 0.5) is 0 Å². The van der Waals surface area contributed by atoms with E-state index in [1.54, 1.807) is 6.92 Å². The smallest absolute Gasteiger partial charge is 0.0662 e. The van der Waals surface area contributed by atoms with Crippen LogP contribution in [0.2, 0.25) is 0 Å². The van der Waals surface area contributed by atoms with Crippen molar-refractivity contribution in [2.45, 2.75) is 25.5 Å². The summed E-state index contributed by atoms with van der Waals surface area (Å²) in [5.41, 5.74) is 9.24. The summed E-state index contributed by atoms with van der Waals surface area (Å²) in [5, 5.41) is 13.1. The summed E-state index contributed by atoms with van der Waals surface area (Å²) in [6.45, 7) is 1.70. The normalized spacial score (nSPS) is 14.1. The quantitative estimate of drug-likeness (QED) is 0.442. The standard InChI is InChI=1S/C10H13N3O/c1-8(12-13-11)10(14)7-9-5-3-2-4-6-9/h2-6,8,10,14H,7H2,1H3/t8-,10+/m1/s1. The van der Waals surface area contributed by atoms with Crippen LogP contribution in [0, 0.1) is 0 Å². The van der Waals surface area contributed by atoms with Crippen LogP contribution in [0.25, 0.3) is 10.4 Å². The van der Waals surface area contributed by atoms with Crippen molar-refractivity contribution in [3.05, 3.63) is 46.3 Å². The van der Waals surface area contributed by atoms with E-state index < -0.39 is 6.10 Å². The minimum Gasteiger partial charge on any atom is -0.392 e. The first-order valence-corrected chi connectivity index (χ1v) is 4.50. The van der Waals surface area contributed by atoms with Gasteiger partial charge in [0.2, 0.25) is 0 Å². The van der Waals surface area contributed by atoms with E-state index in [2.05, 4.69) is 10.0 Å². The Hall–Kier alpha value is -1.51. The molecule has 0 aliphatic rings. The molecular weight excluding hydrogens is 178 g/mol. The van der Waals surface area contributed by atoms with Gasteiger partial charge in [0.1, 0.15) is 0 Å². The molecule has 4 heteroatoms. The van der Waals surface area contributed by atoms with Crippen LogP contribution in [0.5, 0.6) is 0 Å². The predicted octanol–water partition coefficient (Wildman–Crippen LogP) is 2.29. The molecule has 0 amide bonds. The van der Waals surface area contributed by atoms with Gasteiger partial charge < -0.3 is 5.11 Å². The van der Waals surface area contributed by atoms with Crippen molar-refractivity contribution in [3.8, 4) is 0 Å². The van der Waals surface area contributed by atoms with E-state index in [0.29, 0.717) is 6.42 Å². The molecule has 1 aromatic rings. The maximum absolute atomic E-state index is 9.64. The first kappa shape index (κ1) is 10.6. The van der Waals surface area contributed by atoms with Crippen LogP contribution in [0.3, 0.4) is 0 Å². The first-order chi connectivity index (χ1) is 6.74. The fraction of sp³-hybridized carbons (Fsp3) is 0.400. The highest BCUT2D eigenvalue weighted by atomic mass is 16.3. The lowest BCUT2D eigenvalue weighted by molar-refractivity contribution is 0.151. The maximum Gasteiger partial charge on any atom is 0.0662 e. The molecular formula is C10H13N3O. The summed E-state index contributed by atoms with van der Waals surface area (Å²) < 4.78 is 0. The molecule has 0 heterocycles. The molecule has 0 aromatic heterocycles. The lowest BCUT2D eigenvalue weighted by Crippen LogP contribution is -2.23. The van der Waals surface area contributed by atoms with Gasteiger partial charge in [-0.05, 0) is 17.5 Å². The molecule has 0 bridgehead atoms. The Bertz CT molecular complexity index is 319. The number of hydrogen-bond acceptors (Lipinski definition) is 2. The Balaban J connectivity index is 2.57. The highest BCUT2D eigenvalue weighted by Gasteiger charge is 2.12. The van der Waals surface area contributed by atoms with Gasteiger partial charge in [0, 0.05) is 4.91 Å². The summed E-state index contributed by atoms with van der Waals surface area (Å²) in [7, 11) is 0. The summed E-state index contributed by atoms with van der Waals surface area (Å²) in [4.78, 5) is 2.66. The van der Waals surface area contributed by atoms with Crippen LogP contribution in [0.15, 0.2) is 35.4 Å². The summed E-state index contributed by atoms with van der Waals surface area (Å²) in [5.74, 6) is 0. The fourth-order valence-corrected chi connectivity index (χ4v) is 1.18. The topological polar surface area (TPSA) is 69.0 Å². The molecule has 1 rings (SSSR count). The van der Waals surface area contributed by atoms with E-state index in [1.165, 1.54) is 0 Å². The Morgan fingerprint density at radius 2 is 2.07 bits per heavy atom. The largest absolute Gasteiger partial charge is 0.392 e. The van der Waals surface area contributed by atoms with Crippen molar-refractivity contribution >= 4 is 0 Å². The number of rotatable bonds is 4. The molecule has 1 aromatic carbocycles. The second-order valence-corrected chi connectivity index (χ2v) is 3.20. The molecule has 0 spiro atoms. The monoisotopic (exact) mass is 191 g/mol. The minimum absolute atomic E-state index is 0.389. The zero-order valence-electron chi connectivity index (χ0n) is 8.04. The number of hydrogen-bond donors (Lipinski definition) is 1. The van der Waals surface area contributed by atoms with Crippen molar-refractivity contribution < 1.29 is 5.11 Å². The zero-order chi connectivity index (χ0) is 10.4. The molecule has 0 fully saturated rings. The van der Waals surface area contributed by atoms with Gasteiger partial charge in [-0.2, -0.15) is 0 Å². The van der Waals surface area contributed by atoms with E-state index >= 15 is 0 Å². The number of aliphatic hydroxyl groups is 1. The third kappa shape index (κ3) is 3.09. The van der Waals surface area contributed by atoms with Gasteiger partial charge in [0.25, 0.3) is 0 Å². The Labute approximate surface area is 82.8 Å². The van der Waals surface area contributed by atoms with E-state index in [4.69, 9.17) is 5.53 Å². The van der Waals surface area contributed by atoms with Crippen molar-refractivity contribution in [1.29, 1.82) is 0 Å². The van der Waals surface area contributed by atoms with Gasteiger partial charge in [-0.25, -0.2) is 0 Å². The average molecular weight is 191 g/mol.